The molecule has 1 fully saturated rings. The second-order valence-electron chi connectivity index (χ2n) is 8.63. The third-order valence-corrected chi connectivity index (χ3v) is 6.01. The van der Waals surface area contributed by atoms with Gasteiger partial charge in [-0.2, -0.15) is 0 Å². The van der Waals surface area contributed by atoms with Crippen molar-refractivity contribution in [3.05, 3.63) is 58.7 Å². The summed E-state index contributed by atoms with van der Waals surface area (Å²) >= 11 is 0. The molecule has 2 aliphatic heterocycles. The molecular weight excluding hydrogens is 390 g/mol. The molecule has 3 heterocycles. The highest BCUT2D eigenvalue weighted by molar-refractivity contribution is 6.05. The predicted octanol–water partition coefficient (Wildman–Crippen LogP) is 2.19. The van der Waals surface area contributed by atoms with Crippen molar-refractivity contribution in [1.82, 2.24) is 25.4 Å². The number of carbonyl (C=O) groups is 2. The van der Waals surface area contributed by atoms with E-state index in [2.05, 4.69) is 32.7 Å². The third-order valence-electron chi connectivity index (χ3n) is 6.01. The van der Waals surface area contributed by atoms with Gasteiger partial charge in [0, 0.05) is 67.0 Å². The number of aromatic amines is 1. The molecule has 0 spiro atoms. The Morgan fingerprint density at radius 3 is 2.68 bits per heavy atom. The molecule has 2 aromatic carbocycles. The van der Waals surface area contributed by atoms with Crippen molar-refractivity contribution < 1.29 is 9.59 Å². The van der Waals surface area contributed by atoms with Crippen LogP contribution in [0.3, 0.4) is 0 Å². The van der Waals surface area contributed by atoms with Gasteiger partial charge in [0.2, 0.25) is 0 Å². The number of hydrogen-bond donors (Lipinski definition) is 3. The first-order valence-electron chi connectivity index (χ1n) is 10.7. The summed E-state index contributed by atoms with van der Waals surface area (Å²) in [6.07, 6.45) is 0. The van der Waals surface area contributed by atoms with Crippen LogP contribution in [-0.4, -0.2) is 66.9 Å². The molecule has 2 amide bonds. The maximum absolute atomic E-state index is 12.9. The van der Waals surface area contributed by atoms with Crippen LogP contribution in [0.15, 0.2) is 36.4 Å². The number of piperazine rings is 1. The average Bonchev–Trinajstić information content (AvgIpc) is 3.36. The van der Waals surface area contributed by atoms with E-state index >= 15 is 0 Å². The lowest BCUT2D eigenvalue weighted by Gasteiger charge is -2.27. The zero-order valence-electron chi connectivity index (χ0n) is 17.9. The lowest BCUT2D eigenvalue weighted by atomic mass is 9.96. The normalized spacial score (nSPS) is 16.1. The summed E-state index contributed by atoms with van der Waals surface area (Å²) in [5, 5.41) is 7.20. The second kappa shape index (κ2) is 7.83. The van der Waals surface area contributed by atoms with Crippen molar-refractivity contribution >= 4 is 22.7 Å². The minimum atomic E-state index is -0.0327. The molecule has 5 rings (SSSR count). The van der Waals surface area contributed by atoms with Gasteiger partial charge >= 0.3 is 0 Å². The number of rotatable bonds is 4. The first kappa shape index (κ1) is 19.8. The molecule has 31 heavy (non-hydrogen) atoms. The van der Waals surface area contributed by atoms with Gasteiger partial charge in [-0.05, 0) is 55.6 Å². The minimum Gasteiger partial charge on any atom is -0.355 e. The van der Waals surface area contributed by atoms with Crippen molar-refractivity contribution in [3.63, 3.8) is 0 Å². The largest absolute Gasteiger partial charge is 0.355 e. The molecule has 0 aliphatic carbocycles. The summed E-state index contributed by atoms with van der Waals surface area (Å²) in [5.74, 6) is 0.0361. The first-order valence-corrected chi connectivity index (χ1v) is 10.7. The van der Waals surface area contributed by atoms with Crippen LogP contribution >= 0.6 is 0 Å². The summed E-state index contributed by atoms with van der Waals surface area (Å²) in [6, 6.07) is 12.0. The fraction of sp³-hybridized carbons (Fsp3) is 0.333. The summed E-state index contributed by atoms with van der Waals surface area (Å²) < 4.78 is 0. The molecular formula is C24H27N5O2. The van der Waals surface area contributed by atoms with E-state index in [-0.39, 0.29) is 11.8 Å². The zero-order chi connectivity index (χ0) is 21.5. The van der Waals surface area contributed by atoms with Gasteiger partial charge in [0.1, 0.15) is 0 Å². The number of amides is 2. The Labute approximate surface area is 181 Å². The minimum absolute atomic E-state index is 0.0327. The van der Waals surface area contributed by atoms with Crippen molar-refractivity contribution in [2.24, 2.45) is 0 Å². The maximum atomic E-state index is 12.9. The summed E-state index contributed by atoms with van der Waals surface area (Å²) in [7, 11) is 4.08. The van der Waals surface area contributed by atoms with E-state index in [4.69, 9.17) is 0 Å². The summed E-state index contributed by atoms with van der Waals surface area (Å²) in [4.78, 5) is 32.9. The van der Waals surface area contributed by atoms with Crippen molar-refractivity contribution in [3.8, 4) is 11.3 Å². The van der Waals surface area contributed by atoms with Crippen LogP contribution in [0, 0.1) is 0 Å². The average molecular weight is 418 g/mol. The Hall–Kier alpha value is -3.16. The van der Waals surface area contributed by atoms with Crippen molar-refractivity contribution in [1.29, 1.82) is 0 Å². The molecule has 0 bridgehead atoms. The smallest absolute Gasteiger partial charge is 0.253 e. The molecule has 7 nitrogen and oxygen atoms in total. The topological polar surface area (TPSA) is 80.5 Å². The van der Waals surface area contributed by atoms with E-state index in [9.17, 15) is 9.59 Å². The fourth-order valence-corrected chi connectivity index (χ4v) is 4.57. The monoisotopic (exact) mass is 417 g/mol. The second-order valence-corrected chi connectivity index (χ2v) is 8.63. The lowest BCUT2D eigenvalue weighted by molar-refractivity contribution is 0.0735. The van der Waals surface area contributed by atoms with Crippen LogP contribution in [-0.2, 0) is 13.1 Å². The van der Waals surface area contributed by atoms with Crippen molar-refractivity contribution in [2.75, 3.05) is 40.3 Å². The lowest BCUT2D eigenvalue weighted by Crippen LogP contribution is -2.46. The quantitative estimate of drug-likeness (QED) is 0.608. The molecule has 3 N–H and O–H groups in total. The van der Waals surface area contributed by atoms with Crippen molar-refractivity contribution in [2.45, 2.75) is 13.1 Å². The Kier molecular flexibility index (Phi) is 5.00. The van der Waals surface area contributed by atoms with Crippen LogP contribution in [0.2, 0.25) is 0 Å². The number of benzene rings is 2. The van der Waals surface area contributed by atoms with Gasteiger partial charge in [-0.25, -0.2) is 0 Å². The van der Waals surface area contributed by atoms with Crippen LogP contribution < -0.4 is 10.6 Å². The number of fused-ring (bicyclic) bond motifs is 2. The number of aromatic nitrogens is 1. The van der Waals surface area contributed by atoms with Crippen LogP contribution in [0.25, 0.3) is 22.2 Å². The third kappa shape index (κ3) is 3.71. The van der Waals surface area contributed by atoms with E-state index in [0.717, 1.165) is 66.0 Å². The SMILES string of the molecule is CN(C)Cc1cc2c(c(-c3cc4cc(C(=O)N5CCNCC5)ccc4[nH]3)c1)C(=O)NC2. The highest BCUT2D eigenvalue weighted by Crippen LogP contribution is 2.33. The molecule has 0 radical (unpaired) electrons. The fourth-order valence-electron chi connectivity index (χ4n) is 4.57. The number of nitrogens with zero attached hydrogens (tertiary/aromatic N) is 2. The molecule has 1 aromatic heterocycles. The molecule has 0 saturated carbocycles. The van der Waals surface area contributed by atoms with E-state index < -0.39 is 0 Å². The number of carbonyl (C=O) groups excluding carboxylic acids is 2. The summed E-state index contributed by atoms with van der Waals surface area (Å²) in [6.45, 7) is 4.49. The Morgan fingerprint density at radius 2 is 1.90 bits per heavy atom. The zero-order valence-corrected chi connectivity index (χ0v) is 17.9. The number of nitrogens with one attached hydrogen (secondary N) is 3. The Balaban J connectivity index is 1.54. The molecule has 0 atom stereocenters. The van der Waals surface area contributed by atoms with E-state index in [1.54, 1.807) is 0 Å². The van der Waals surface area contributed by atoms with Gasteiger partial charge in [-0.3, -0.25) is 9.59 Å². The molecule has 0 unspecified atom stereocenters. The first-order chi connectivity index (χ1) is 15.0. The molecule has 3 aromatic rings. The number of H-pyrrole nitrogens is 1. The van der Waals surface area contributed by atoms with Gasteiger partial charge in [-0.15, -0.1) is 0 Å². The van der Waals surface area contributed by atoms with Gasteiger partial charge in [0.15, 0.2) is 0 Å². The summed E-state index contributed by atoms with van der Waals surface area (Å²) in [5.41, 5.74) is 6.41. The Bertz CT molecular complexity index is 1170. The highest BCUT2D eigenvalue weighted by atomic mass is 16.2. The van der Waals surface area contributed by atoms with E-state index in [1.807, 2.05) is 43.3 Å². The van der Waals surface area contributed by atoms with Gasteiger partial charge in [-0.1, -0.05) is 6.07 Å². The standard InChI is InChI=1S/C24H27N5O2/c1-28(2)14-15-9-18-13-26-23(30)22(18)19(10-15)21-12-17-11-16(3-4-20(17)27-21)24(31)29-7-5-25-6-8-29/h3-4,9-12,25,27H,5-8,13-14H2,1-2H3,(H,26,30). The Morgan fingerprint density at radius 1 is 1.10 bits per heavy atom. The number of hydrogen-bond acceptors (Lipinski definition) is 4. The van der Waals surface area contributed by atoms with Crippen LogP contribution in [0.5, 0.6) is 0 Å². The van der Waals surface area contributed by atoms with Gasteiger partial charge < -0.3 is 25.4 Å². The maximum Gasteiger partial charge on any atom is 0.253 e. The molecule has 2 aliphatic rings. The molecule has 1 saturated heterocycles. The van der Waals surface area contributed by atoms with E-state index in [1.165, 1.54) is 5.56 Å². The molecule has 160 valence electrons. The predicted molar refractivity (Wildman–Crippen MR) is 121 cm³/mol. The van der Waals surface area contributed by atoms with Crippen LogP contribution in [0.1, 0.15) is 31.8 Å². The van der Waals surface area contributed by atoms with Gasteiger partial charge in [0.25, 0.3) is 11.8 Å². The van der Waals surface area contributed by atoms with E-state index in [0.29, 0.717) is 12.1 Å². The molecule has 7 heteroatoms. The highest BCUT2D eigenvalue weighted by Gasteiger charge is 2.25. The van der Waals surface area contributed by atoms with Gasteiger partial charge in [0.05, 0.1) is 5.56 Å². The van der Waals surface area contributed by atoms with Crippen LogP contribution in [0.4, 0.5) is 0 Å².